The molecule has 5 aromatic rings. The minimum absolute atomic E-state index is 0.0413. The molecular formula is C25H13ClN2O6S2. The quantitative estimate of drug-likeness (QED) is 0.255. The first-order valence-electron chi connectivity index (χ1n) is 10.5. The summed E-state index contributed by atoms with van der Waals surface area (Å²) < 4.78 is 6.27. The van der Waals surface area contributed by atoms with Crippen molar-refractivity contribution in [3.63, 3.8) is 0 Å². The van der Waals surface area contributed by atoms with Crippen LogP contribution in [0.3, 0.4) is 0 Å². The molecule has 0 radical (unpaired) electrons. The lowest BCUT2D eigenvalue weighted by atomic mass is 10.0. The second-order valence-electron chi connectivity index (χ2n) is 7.96. The SMILES string of the molecule is O=C(O)c1ccc2nc(N3C(=O)C(O)=C(C(=O)c4cc5cc(Cl)ccc5o4)C3c3cccs3)sc2c1. The highest BCUT2D eigenvalue weighted by Gasteiger charge is 2.47. The zero-order chi connectivity index (χ0) is 25.1. The number of amides is 1. The summed E-state index contributed by atoms with van der Waals surface area (Å²) in [4.78, 5) is 44.7. The van der Waals surface area contributed by atoms with E-state index in [4.69, 9.17) is 16.0 Å². The van der Waals surface area contributed by atoms with E-state index in [1.807, 2.05) is 0 Å². The third-order valence-corrected chi connectivity index (χ3v) is 7.98. The van der Waals surface area contributed by atoms with Gasteiger partial charge in [-0.2, -0.15) is 0 Å². The molecular weight excluding hydrogens is 524 g/mol. The summed E-state index contributed by atoms with van der Waals surface area (Å²) in [6, 6.07) is 13.5. The first kappa shape index (κ1) is 22.5. The number of aliphatic hydroxyl groups excluding tert-OH is 1. The molecule has 0 saturated carbocycles. The first-order chi connectivity index (χ1) is 17.3. The van der Waals surface area contributed by atoms with Crippen molar-refractivity contribution < 1.29 is 29.0 Å². The number of anilines is 1. The Kier molecular flexibility index (Phi) is 5.18. The van der Waals surface area contributed by atoms with Gasteiger partial charge >= 0.3 is 5.97 Å². The summed E-state index contributed by atoms with van der Waals surface area (Å²) in [7, 11) is 0. The van der Waals surface area contributed by atoms with Crippen LogP contribution in [0.25, 0.3) is 21.2 Å². The topological polar surface area (TPSA) is 121 Å². The van der Waals surface area contributed by atoms with Crippen molar-refractivity contribution in [2.24, 2.45) is 0 Å². The van der Waals surface area contributed by atoms with E-state index in [0.717, 1.165) is 11.3 Å². The van der Waals surface area contributed by atoms with Crippen molar-refractivity contribution >= 4 is 78.3 Å². The van der Waals surface area contributed by atoms with E-state index in [2.05, 4.69) is 4.98 Å². The minimum Gasteiger partial charge on any atom is -0.503 e. The Labute approximate surface area is 215 Å². The Morgan fingerprint density at radius 1 is 1.11 bits per heavy atom. The number of hydrogen-bond donors (Lipinski definition) is 2. The fourth-order valence-electron chi connectivity index (χ4n) is 4.16. The third-order valence-electron chi connectivity index (χ3n) is 5.80. The zero-order valence-corrected chi connectivity index (χ0v) is 20.4. The average molecular weight is 537 g/mol. The molecule has 11 heteroatoms. The maximum atomic E-state index is 13.6. The Hall–Kier alpha value is -3.99. The van der Waals surface area contributed by atoms with Crippen molar-refractivity contribution in [3.05, 3.63) is 92.5 Å². The number of halogens is 1. The van der Waals surface area contributed by atoms with E-state index in [9.17, 15) is 24.6 Å². The molecule has 0 aliphatic carbocycles. The molecule has 178 valence electrons. The molecule has 4 heterocycles. The fraction of sp³-hybridized carbons (Fsp3) is 0.0400. The molecule has 0 bridgehead atoms. The van der Waals surface area contributed by atoms with Gasteiger partial charge in [0.15, 0.2) is 16.7 Å². The van der Waals surface area contributed by atoms with E-state index >= 15 is 0 Å². The molecule has 0 saturated heterocycles. The van der Waals surface area contributed by atoms with Crippen LogP contribution in [0.4, 0.5) is 5.13 Å². The number of benzene rings is 2. The van der Waals surface area contributed by atoms with Gasteiger partial charge in [-0.1, -0.05) is 29.0 Å². The second-order valence-corrected chi connectivity index (χ2v) is 10.4. The van der Waals surface area contributed by atoms with Crippen LogP contribution in [0.5, 0.6) is 0 Å². The van der Waals surface area contributed by atoms with Gasteiger partial charge < -0.3 is 14.6 Å². The number of nitrogens with zero attached hydrogens (tertiary/aromatic N) is 2. The van der Waals surface area contributed by atoms with Gasteiger partial charge in [0.1, 0.15) is 11.6 Å². The van der Waals surface area contributed by atoms with Crippen LogP contribution in [-0.2, 0) is 4.79 Å². The number of hydrogen-bond acceptors (Lipinski definition) is 8. The van der Waals surface area contributed by atoms with Gasteiger partial charge in [-0.15, -0.1) is 11.3 Å². The number of carbonyl (C=O) groups is 3. The number of Topliss-reactive ketones (excluding diaryl/α,β-unsaturated/α-hetero) is 1. The molecule has 6 rings (SSSR count). The van der Waals surface area contributed by atoms with Gasteiger partial charge in [0.25, 0.3) is 5.91 Å². The summed E-state index contributed by atoms with van der Waals surface area (Å²) in [5.74, 6) is -3.24. The number of rotatable bonds is 5. The number of carboxylic acid groups (broad SMARTS) is 1. The summed E-state index contributed by atoms with van der Waals surface area (Å²) >= 11 is 8.47. The highest BCUT2D eigenvalue weighted by Crippen LogP contribution is 2.45. The maximum Gasteiger partial charge on any atom is 0.335 e. The van der Waals surface area contributed by atoms with Gasteiger partial charge in [0, 0.05) is 15.3 Å². The summed E-state index contributed by atoms with van der Waals surface area (Å²) in [6.07, 6.45) is 0. The molecule has 3 aromatic heterocycles. The third kappa shape index (κ3) is 3.49. The predicted octanol–water partition coefficient (Wildman–Crippen LogP) is 6.24. The minimum atomic E-state index is -1.08. The monoisotopic (exact) mass is 536 g/mol. The van der Waals surface area contributed by atoms with Crippen molar-refractivity contribution in [2.75, 3.05) is 4.90 Å². The van der Waals surface area contributed by atoms with Crippen LogP contribution >= 0.6 is 34.3 Å². The van der Waals surface area contributed by atoms with Crippen LogP contribution in [0.2, 0.25) is 5.02 Å². The molecule has 1 aliphatic heterocycles. The van der Waals surface area contributed by atoms with E-state index in [1.54, 1.807) is 41.8 Å². The molecule has 8 nitrogen and oxygen atoms in total. The van der Waals surface area contributed by atoms with E-state index in [-0.39, 0.29) is 22.0 Å². The lowest BCUT2D eigenvalue weighted by Crippen LogP contribution is -2.30. The molecule has 1 unspecified atom stereocenters. The molecule has 2 aromatic carbocycles. The number of fused-ring (bicyclic) bond motifs is 2. The number of carboxylic acids is 1. The number of ketones is 1. The van der Waals surface area contributed by atoms with Gasteiger partial charge in [0.05, 0.1) is 21.4 Å². The normalized spacial score (nSPS) is 16.0. The highest BCUT2D eigenvalue weighted by molar-refractivity contribution is 7.22. The van der Waals surface area contributed by atoms with Crippen molar-refractivity contribution in [2.45, 2.75) is 6.04 Å². The van der Waals surface area contributed by atoms with Gasteiger partial charge in [-0.05, 0) is 53.9 Å². The van der Waals surface area contributed by atoms with E-state index in [0.29, 0.717) is 31.1 Å². The molecule has 0 fully saturated rings. The highest BCUT2D eigenvalue weighted by atomic mass is 35.5. The van der Waals surface area contributed by atoms with Gasteiger partial charge in [-0.3, -0.25) is 14.5 Å². The number of carbonyl (C=O) groups excluding carboxylic acids is 2. The van der Waals surface area contributed by atoms with E-state index in [1.165, 1.54) is 34.4 Å². The molecule has 1 aliphatic rings. The first-order valence-corrected chi connectivity index (χ1v) is 12.6. The van der Waals surface area contributed by atoms with E-state index < -0.39 is 29.5 Å². The molecule has 0 spiro atoms. The number of thiazole rings is 1. The zero-order valence-electron chi connectivity index (χ0n) is 18.0. The standard InChI is InChI=1S/C25H13ClN2O6S2/c26-13-4-6-15-12(8-13)9-16(34-15)21(29)19-20(17-2-1-7-35-17)28(23(31)22(19)30)25-27-14-5-3-11(24(32)33)10-18(14)36-25/h1-10,20,30H,(H,32,33). The van der Waals surface area contributed by atoms with Crippen LogP contribution < -0.4 is 4.90 Å². The molecule has 36 heavy (non-hydrogen) atoms. The summed E-state index contributed by atoms with van der Waals surface area (Å²) in [6.45, 7) is 0. The largest absolute Gasteiger partial charge is 0.503 e. The summed E-state index contributed by atoms with van der Waals surface area (Å²) in [5.41, 5.74) is 0.892. The maximum absolute atomic E-state index is 13.6. The lowest BCUT2D eigenvalue weighted by molar-refractivity contribution is -0.117. The predicted molar refractivity (Wildman–Crippen MR) is 136 cm³/mol. The number of aliphatic hydroxyl groups is 1. The number of aromatic nitrogens is 1. The Balaban J connectivity index is 1.47. The Morgan fingerprint density at radius 3 is 2.69 bits per heavy atom. The smallest absolute Gasteiger partial charge is 0.335 e. The Bertz CT molecular complexity index is 1750. The van der Waals surface area contributed by atoms with Crippen LogP contribution in [-0.4, -0.2) is 32.9 Å². The van der Waals surface area contributed by atoms with Crippen molar-refractivity contribution in [1.29, 1.82) is 0 Å². The fourth-order valence-corrected chi connectivity index (χ4v) is 6.19. The molecule has 1 amide bonds. The van der Waals surface area contributed by atoms with Gasteiger partial charge in [-0.25, -0.2) is 9.78 Å². The Morgan fingerprint density at radius 2 is 1.94 bits per heavy atom. The molecule has 1 atom stereocenters. The average Bonchev–Trinajstić information content (AvgIpc) is 3.63. The number of aromatic carboxylic acids is 1. The number of furan rings is 1. The number of thiophene rings is 1. The van der Waals surface area contributed by atoms with Crippen molar-refractivity contribution in [3.8, 4) is 0 Å². The van der Waals surface area contributed by atoms with Crippen LogP contribution in [0.15, 0.2) is 75.7 Å². The van der Waals surface area contributed by atoms with Crippen LogP contribution in [0, 0.1) is 0 Å². The molecule has 2 N–H and O–H groups in total. The summed E-state index contributed by atoms with van der Waals surface area (Å²) in [5, 5.41) is 23.3. The van der Waals surface area contributed by atoms with Crippen LogP contribution in [0.1, 0.15) is 31.8 Å². The second kappa shape index (κ2) is 8.30. The lowest BCUT2D eigenvalue weighted by Gasteiger charge is -2.22. The van der Waals surface area contributed by atoms with Gasteiger partial charge in [0.2, 0.25) is 5.78 Å². The van der Waals surface area contributed by atoms with Crippen molar-refractivity contribution in [1.82, 2.24) is 4.98 Å².